The van der Waals surface area contributed by atoms with Crippen molar-refractivity contribution in [3.63, 3.8) is 0 Å². The third kappa shape index (κ3) is 3.76. The average Bonchev–Trinajstić information content (AvgIpc) is 2.72. The number of aromatic amines is 1. The third-order valence-electron chi connectivity index (χ3n) is 3.96. The minimum absolute atomic E-state index is 0.0340. The number of benzene rings is 2. The van der Waals surface area contributed by atoms with Crippen molar-refractivity contribution in [3.05, 3.63) is 70.0 Å². The molecule has 0 amide bonds. The molecule has 3 rings (SSSR count). The monoisotopic (exact) mass is 377 g/mol. The number of nitrogens with zero attached hydrogens (tertiary/aromatic N) is 2. The van der Waals surface area contributed by atoms with Crippen LogP contribution < -0.4 is 5.56 Å². The van der Waals surface area contributed by atoms with Crippen LogP contribution in [0.1, 0.15) is 15.9 Å². The van der Waals surface area contributed by atoms with E-state index in [0.29, 0.717) is 22.0 Å². The molecule has 0 fully saturated rings. The summed E-state index contributed by atoms with van der Waals surface area (Å²) in [6, 6.07) is 16.3. The highest BCUT2D eigenvalue weighted by Gasteiger charge is 2.14. The summed E-state index contributed by atoms with van der Waals surface area (Å²) in [7, 11) is 1.33. The zero-order valence-corrected chi connectivity index (χ0v) is 15.5. The van der Waals surface area contributed by atoms with Crippen LogP contribution in [-0.4, -0.2) is 29.3 Å². The van der Waals surface area contributed by atoms with Gasteiger partial charge in [-0.05, 0) is 35.6 Å². The quantitative estimate of drug-likeness (QED) is 0.425. The van der Waals surface area contributed by atoms with Crippen molar-refractivity contribution < 1.29 is 9.53 Å². The molecule has 3 aromatic rings. The second-order valence-corrected chi connectivity index (χ2v) is 6.36. The number of hydrogen-bond donors (Lipinski definition) is 1. The molecule has 0 unspecified atom stereocenters. The molecule has 2 aromatic carbocycles. The average molecular weight is 377 g/mol. The lowest BCUT2D eigenvalue weighted by molar-refractivity contribution is 0.0601. The SMILES string of the molecule is COC(=O)c1cccc(-c2cccc(-c3nc(SC)[nH]c(=O)c3C#N)c2)c1. The zero-order valence-electron chi connectivity index (χ0n) is 14.6. The number of carbonyl (C=O) groups excluding carboxylic acids is 1. The van der Waals surface area contributed by atoms with Gasteiger partial charge in [0, 0.05) is 5.56 Å². The van der Waals surface area contributed by atoms with Gasteiger partial charge in [0.05, 0.1) is 18.4 Å². The van der Waals surface area contributed by atoms with Gasteiger partial charge in [-0.2, -0.15) is 5.26 Å². The lowest BCUT2D eigenvalue weighted by Gasteiger charge is -2.09. The van der Waals surface area contributed by atoms with E-state index < -0.39 is 11.5 Å². The second kappa shape index (κ2) is 7.89. The van der Waals surface area contributed by atoms with Gasteiger partial charge in [-0.3, -0.25) is 4.79 Å². The Morgan fingerprint density at radius 3 is 2.48 bits per heavy atom. The Morgan fingerprint density at radius 2 is 1.81 bits per heavy atom. The van der Waals surface area contributed by atoms with Gasteiger partial charge in [0.1, 0.15) is 11.6 Å². The Balaban J connectivity index is 2.13. The van der Waals surface area contributed by atoms with Crippen LogP contribution in [0.2, 0.25) is 0 Å². The predicted molar refractivity (Wildman–Crippen MR) is 104 cm³/mol. The summed E-state index contributed by atoms with van der Waals surface area (Å²) in [5, 5.41) is 9.80. The maximum Gasteiger partial charge on any atom is 0.337 e. The first kappa shape index (κ1) is 18.4. The Kier molecular flexibility index (Phi) is 5.38. The van der Waals surface area contributed by atoms with E-state index in [1.165, 1.54) is 18.9 Å². The van der Waals surface area contributed by atoms with Crippen LogP contribution in [0.15, 0.2) is 58.5 Å². The number of H-pyrrole nitrogens is 1. The van der Waals surface area contributed by atoms with E-state index in [-0.39, 0.29) is 5.56 Å². The predicted octanol–water partition coefficient (Wildman–Crippen LogP) is 3.48. The van der Waals surface area contributed by atoms with Gasteiger partial charge in [-0.15, -0.1) is 0 Å². The molecular formula is C20H15N3O3S. The van der Waals surface area contributed by atoms with E-state index in [2.05, 4.69) is 9.97 Å². The number of nitriles is 1. The van der Waals surface area contributed by atoms with Crippen LogP contribution in [0.5, 0.6) is 0 Å². The minimum Gasteiger partial charge on any atom is -0.465 e. The number of esters is 1. The lowest BCUT2D eigenvalue weighted by atomic mass is 9.99. The maximum atomic E-state index is 12.1. The van der Waals surface area contributed by atoms with Crippen molar-refractivity contribution in [2.45, 2.75) is 5.16 Å². The van der Waals surface area contributed by atoms with Crippen LogP contribution in [0.25, 0.3) is 22.4 Å². The third-order valence-corrected chi connectivity index (χ3v) is 4.54. The molecule has 0 saturated heterocycles. The van der Waals surface area contributed by atoms with Crippen molar-refractivity contribution in [3.8, 4) is 28.5 Å². The van der Waals surface area contributed by atoms with Gasteiger partial charge in [0.2, 0.25) is 0 Å². The highest BCUT2D eigenvalue weighted by atomic mass is 32.2. The molecular weight excluding hydrogens is 362 g/mol. The number of nitrogens with one attached hydrogen (secondary N) is 1. The highest BCUT2D eigenvalue weighted by molar-refractivity contribution is 7.98. The molecule has 134 valence electrons. The molecule has 0 aliphatic heterocycles. The van der Waals surface area contributed by atoms with Crippen molar-refractivity contribution in [1.29, 1.82) is 5.26 Å². The summed E-state index contributed by atoms with van der Waals surface area (Å²) in [4.78, 5) is 30.9. The van der Waals surface area contributed by atoms with Crippen molar-refractivity contribution >= 4 is 17.7 Å². The first-order chi connectivity index (χ1) is 13.1. The number of ether oxygens (including phenoxy) is 1. The van der Waals surface area contributed by atoms with Crippen molar-refractivity contribution in [2.75, 3.05) is 13.4 Å². The zero-order chi connectivity index (χ0) is 19.4. The number of carbonyl (C=O) groups is 1. The largest absolute Gasteiger partial charge is 0.465 e. The number of hydrogen-bond acceptors (Lipinski definition) is 6. The van der Waals surface area contributed by atoms with E-state index in [0.717, 1.165) is 11.1 Å². The van der Waals surface area contributed by atoms with E-state index in [1.807, 2.05) is 30.3 Å². The Labute approximate surface area is 159 Å². The number of rotatable bonds is 4. The van der Waals surface area contributed by atoms with E-state index in [9.17, 15) is 14.9 Å². The fraction of sp³-hybridized carbons (Fsp3) is 0.100. The van der Waals surface area contributed by atoms with Gasteiger partial charge >= 0.3 is 5.97 Å². The summed E-state index contributed by atoms with van der Waals surface area (Å²) in [6.45, 7) is 0. The Morgan fingerprint density at radius 1 is 1.15 bits per heavy atom. The standard InChI is InChI=1S/C20H15N3O3S/c1-26-19(25)15-8-4-6-13(10-15)12-5-3-7-14(9-12)17-16(11-21)18(24)23-20(22-17)27-2/h3-10H,1-2H3,(H,22,23,24). The van der Waals surface area contributed by atoms with Gasteiger partial charge in [-0.1, -0.05) is 42.1 Å². The molecule has 1 heterocycles. The molecule has 6 nitrogen and oxygen atoms in total. The topological polar surface area (TPSA) is 95.8 Å². The van der Waals surface area contributed by atoms with E-state index in [4.69, 9.17) is 4.74 Å². The molecule has 0 radical (unpaired) electrons. The minimum atomic E-state index is -0.468. The Hall–Kier alpha value is -3.37. The van der Waals surface area contributed by atoms with Crippen LogP contribution >= 0.6 is 11.8 Å². The van der Waals surface area contributed by atoms with Crippen LogP contribution in [-0.2, 0) is 4.74 Å². The lowest BCUT2D eigenvalue weighted by Crippen LogP contribution is -2.14. The highest BCUT2D eigenvalue weighted by Crippen LogP contribution is 2.27. The summed E-state index contributed by atoms with van der Waals surface area (Å²) < 4.78 is 4.76. The van der Waals surface area contributed by atoms with E-state index in [1.54, 1.807) is 30.5 Å². The molecule has 7 heteroatoms. The number of aromatic nitrogens is 2. The molecule has 1 aromatic heterocycles. The van der Waals surface area contributed by atoms with Crippen LogP contribution in [0, 0.1) is 11.3 Å². The van der Waals surface area contributed by atoms with Gasteiger partial charge in [0.15, 0.2) is 5.16 Å². The summed E-state index contributed by atoms with van der Waals surface area (Å²) >= 11 is 1.29. The Bertz CT molecular complexity index is 1120. The van der Waals surface area contributed by atoms with E-state index >= 15 is 0 Å². The molecule has 1 N–H and O–H groups in total. The molecule has 0 aliphatic rings. The van der Waals surface area contributed by atoms with Crippen molar-refractivity contribution in [1.82, 2.24) is 9.97 Å². The number of methoxy groups -OCH3 is 1. The fourth-order valence-corrected chi connectivity index (χ4v) is 3.03. The molecule has 0 atom stereocenters. The normalized spacial score (nSPS) is 10.3. The first-order valence-corrected chi connectivity index (χ1v) is 9.17. The van der Waals surface area contributed by atoms with Gasteiger partial charge in [-0.25, -0.2) is 9.78 Å². The molecule has 0 saturated carbocycles. The second-order valence-electron chi connectivity index (χ2n) is 5.56. The molecule has 27 heavy (non-hydrogen) atoms. The molecule has 0 spiro atoms. The number of thioether (sulfide) groups is 1. The van der Waals surface area contributed by atoms with Gasteiger partial charge in [0.25, 0.3) is 5.56 Å². The smallest absolute Gasteiger partial charge is 0.337 e. The fourth-order valence-electron chi connectivity index (χ4n) is 2.65. The van der Waals surface area contributed by atoms with Gasteiger partial charge < -0.3 is 9.72 Å². The van der Waals surface area contributed by atoms with Crippen LogP contribution in [0.4, 0.5) is 0 Å². The molecule has 0 aliphatic carbocycles. The summed E-state index contributed by atoms with van der Waals surface area (Å²) in [6.07, 6.45) is 1.79. The summed E-state index contributed by atoms with van der Waals surface area (Å²) in [5.41, 5.74) is 2.56. The summed E-state index contributed by atoms with van der Waals surface area (Å²) in [5.74, 6) is -0.416. The molecule has 0 bridgehead atoms. The first-order valence-electron chi connectivity index (χ1n) is 7.95. The van der Waals surface area contributed by atoms with Crippen molar-refractivity contribution in [2.24, 2.45) is 0 Å². The van der Waals surface area contributed by atoms with Crippen LogP contribution in [0.3, 0.4) is 0 Å². The maximum absolute atomic E-state index is 12.1.